The lowest BCUT2D eigenvalue weighted by atomic mass is 10.1. The van der Waals surface area contributed by atoms with Crippen molar-refractivity contribution in [1.29, 1.82) is 0 Å². The van der Waals surface area contributed by atoms with Gasteiger partial charge >= 0.3 is 17.9 Å². The second kappa shape index (κ2) is 9.84. The molecule has 1 aromatic carbocycles. The number of rotatable bonds is 8. The van der Waals surface area contributed by atoms with Gasteiger partial charge in [-0.3, -0.25) is 0 Å². The molecule has 31 heavy (non-hydrogen) atoms. The fourth-order valence-electron chi connectivity index (χ4n) is 3.03. The van der Waals surface area contributed by atoms with E-state index in [1.165, 1.54) is 6.08 Å². The van der Waals surface area contributed by atoms with Gasteiger partial charge in [0, 0.05) is 6.08 Å². The minimum atomic E-state index is -0.627. The Bertz CT molecular complexity index is 1020. The van der Waals surface area contributed by atoms with Crippen molar-refractivity contribution in [2.45, 2.75) is 27.4 Å². The normalized spacial score (nSPS) is 12.1. The summed E-state index contributed by atoms with van der Waals surface area (Å²) in [4.78, 5) is 39.5. The van der Waals surface area contributed by atoms with Crippen molar-refractivity contribution < 1.29 is 38.1 Å². The Labute approximate surface area is 178 Å². The van der Waals surface area contributed by atoms with Crippen LogP contribution in [0.1, 0.15) is 51.5 Å². The molecule has 0 saturated carbocycles. The van der Waals surface area contributed by atoms with Crippen LogP contribution < -0.4 is 9.47 Å². The summed E-state index contributed by atoms with van der Waals surface area (Å²) in [7, 11) is 0. The fraction of sp³-hybridized carbons (Fsp3) is 0.318. The molecule has 3 rings (SSSR count). The molecule has 1 N–H and O–H groups in total. The molecule has 1 aromatic heterocycles. The topological polar surface area (TPSA) is 113 Å². The number of fused-ring (bicyclic) bond motifs is 1. The third kappa shape index (κ3) is 5.06. The van der Waals surface area contributed by atoms with Crippen molar-refractivity contribution in [3.8, 4) is 11.5 Å². The van der Waals surface area contributed by atoms with Crippen LogP contribution in [-0.2, 0) is 25.6 Å². The largest absolute Gasteiger partial charge is 0.462 e. The van der Waals surface area contributed by atoms with E-state index >= 15 is 0 Å². The standard InChI is InChI=1S/C22H23NO8/c1-4-27-21(25)19-13(3)20(22(26)28-5-2)23-15(19)11-29-18(24)9-7-14-6-8-16-17(10-14)31-12-30-16/h6-10,23H,4-5,11-12H2,1-3H3. The lowest BCUT2D eigenvalue weighted by Gasteiger charge is -2.05. The molecule has 0 spiro atoms. The zero-order valence-electron chi connectivity index (χ0n) is 17.5. The number of carbonyl (C=O) groups is 3. The Morgan fingerprint density at radius 3 is 2.48 bits per heavy atom. The highest BCUT2D eigenvalue weighted by Crippen LogP contribution is 2.32. The van der Waals surface area contributed by atoms with Crippen molar-refractivity contribution in [3.63, 3.8) is 0 Å². The van der Waals surface area contributed by atoms with Crippen molar-refractivity contribution >= 4 is 24.0 Å². The first-order chi connectivity index (χ1) is 14.9. The molecule has 0 radical (unpaired) electrons. The highest BCUT2D eigenvalue weighted by atomic mass is 16.7. The fourth-order valence-corrected chi connectivity index (χ4v) is 3.03. The predicted octanol–water partition coefficient (Wildman–Crippen LogP) is 3.16. The van der Waals surface area contributed by atoms with Crippen molar-refractivity contribution in [2.24, 2.45) is 0 Å². The molecule has 1 aliphatic rings. The van der Waals surface area contributed by atoms with Gasteiger partial charge in [0.25, 0.3) is 0 Å². The molecule has 0 amide bonds. The predicted molar refractivity (Wildman–Crippen MR) is 109 cm³/mol. The van der Waals surface area contributed by atoms with Gasteiger partial charge in [-0.05, 0) is 50.1 Å². The molecule has 0 atom stereocenters. The van der Waals surface area contributed by atoms with Gasteiger partial charge in [0.2, 0.25) is 6.79 Å². The summed E-state index contributed by atoms with van der Waals surface area (Å²) in [5, 5.41) is 0. The van der Waals surface area contributed by atoms with Crippen molar-refractivity contribution in [3.05, 3.63) is 52.4 Å². The zero-order valence-corrected chi connectivity index (χ0v) is 17.5. The second-order valence-corrected chi connectivity index (χ2v) is 6.47. The Morgan fingerprint density at radius 1 is 1.03 bits per heavy atom. The number of nitrogens with one attached hydrogen (secondary N) is 1. The van der Waals surface area contributed by atoms with E-state index in [9.17, 15) is 14.4 Å². The summed E-state index contributed by atoms with van der Waals surface area (Å²) in [6, 6.07) is 5.26. The first-order valence-corrected chi connectivity index (χ1v) is 9.74. The summed E-state index contributed by atoms with van der Waals surface area (Å²) in [5.74, 6) is -0.606. The summed E-state index contributed by atoms with van der Waals surface area (Å²) in [5.41, 5.74) is 1.63. The zero-order chi connectivity index (χ0) is 22.4. The molecule has 2 heterocycles. The minimum Gasteiger partial charge on any atom is -0.462 e. The van der Waals surface area contributed by atoms with Gasteiger partial charge < -0.3 is 28.7 Å². The van der Waals surface area contributed by atoms with Gasteiger partial charge in [0.1, 0.15) is 12.3 Å². The molecule has 1 aliphatic heterocycles. The van der Waals surface area contributed by atoms with E-state index in [-0.39, 0.29) is 43.6 Å². The highest BCUT2D eigenvalue weighted by molar-refractivity contribution is 5.98. The number of H-pyrrole nitrogens is 1. The first kappa shape index (κ1) is 21.9. The third-order valence-electron chi connectivity index (χ3n) is 4.45. The number of hydrogen-bond donors (Lipinski definition) is 1. The van der Waals surface area contributed by atoms with Gasteiger partial charge in [0.15, 0.2) is 11.5 Å². The van der Waals surface area contributed by atoms with Gasteiger partial charge in [-0.15, -0.1) is 0 Å². The summed E-state index contributed by atoms with van der Waals surface area (Å²) in [6.45, 7) is 5.20. The van der Waals surface area contributed by atoms with Crippen LogP contribution in [0.25, 0.3) is 6.08 Å². The van der Waals surface area contributed by atoms with Crippen LogP contribution in [0.15, 0.2) is 24.3 Å². The van der Waals surface area contributed by atoms with Crippen LogP contribution in [0.3, 0.4) is 0 Å². The van der Waals surface area contributed by atoms with E-state index in [2.05, 4.69) is 4.98 Å². The Balaban J connectivity index is 1.72. The smallest absolute Gasteiger partial charge is 0.355 e. The molecule has 0 unspecified atom stereocenters. The molecule has 2 aromatic rings. The number of esters is 3. The van der Waals surface area contributed by atoms with Gasteiger partial charge in [-0.1, -0.05) is 6.07 Å². The number of ether oxygens (including phenoxy) is 5. The number of carbonyl (C=O) groups excluding carboxylic acids is 3. The number of aromatic amines is 1. The van der Waals surface area contributed by atoms with Crippen LogP contribution in [-0.4, -0.2) is 42.9 Å². The van der Waals surface area contributed by atoms with E-state index in [1.807, 2.05) is 0 Å². The quantitative estimate of drug-likeness (QED) is 0.387. The van der Waals surface area contributed by atoms with Crippen molar-refractivity contribution in [2.75, 3.05) is 20.0 Å². The molecular formula is C22H23NO8. The monoisotopic (exact) mass is 429 g/mol. The lowest BCUT2D eigenvalue weighted by molar-refractivity contribution is -0.139. The summed E-state index contributed by atoms with van der Waals surface area (Å²) >= 11 is 0. The number of hydrogen-bond acceptors (Lipinski definition) is 8. The summed E-state index contributed by atoms with van der Waals surface area (Å²) in [6.07, 6.45) is 2.82. The minimum absolute atomic E-state index is 0.117. The molecular weight excluding hydrogens is 406 g/mol. The molecule has 164 valence electrons. The molecule has 0 bridgehead atoms. The molecule has 9 nitrogen and oxygen atoms in total. The Morgan fingerprint density at radius 2 is 1.74 bits per heavy atom. The van der Waals surface area contributed by atoms with E-state index < -0.39 is 17.9 Å². The van der Waals surface area contributed by atoms with Crippen molar-refractivity contribution in [1.82, 2.24) is 4.98 Å². The van der Waals surface area contributed by atoms with Gasteiger partial charge in [0.05, 0.1) is 24.5 Å². The van der Waals surface area contributed by atoms with E-state index in [4.69, 9.17) is 23.7 Å². The van der Waals surface area contributed by atoms with Crippen LogP contribution in [0.4, 0.5) is 0 Å². The first-order valence-electron chi connectivity index (χ1n) is 9.74. The second-order valence-electron chi connectivity index (χ2n) is 6.47. The summed E-state index contributed by atoms with van der Waals surface area (Å²) < 4.78 is 25.9. The van der Waals surface area contributed by atoms with Gasteiger partial charge in [-0.25, -0.2) is 14.4 Å². The van der Waals surface area contributed by atoms with Crippen LogP contribution in [0.5, 0.6) is 11.5 Å². The third-order valence-corrected chi connectivity index (χ3v) is 4.45. The number of aromatic nitrogens is 1. The Hall–Kier alpha value is -3.75. The molecule has 0 saturated heterocycles. The van der Waals surface area contributed by atoms with E-state index in [0.717, 1.165) is 5.56 Å². The van der Waals surface area contributed by atoms with Crippen LogP contribution in [0, 0.1) is 6.92 Å². The van der Waals surface area contributed by atoms with Gasteiger partial charge in [-0.2, -0.15) is 0 Å². The van der Waals surface area contributed by atoms with Crippen LogP contribution in [0.2, 0.25) is 0 Å². The average molecular weight is 429 g/mol. The SMILES string of the molecule is CCOC(=O)c1[nH]c(COC(=O)C=Cc2ccc3c(c2)OCO3)c(C(=O)OCC)c1C. The molecule has 0 aliphatic carbocycles. The number of benzene rings is 1. The molecule has 9 heteroatoms. The maximum Gasteiger partial charge on any atom is 0.355 e. The lowest BCUT2D eigenvalue weighted by Crippen LogP contribution is -2.10. The average Bonchev–Trinajstić information content (AvgIpc) is 3.34. The molecule has 0 fully saturated rings. The Kier molecular flexibility index (Phi) is 6.96. The highest BCUT2D eigenvalue weighted by Gasteiger charge is 2.26. The maximum atomic E-state index is 12.4. The van der Waals surface area contributed by atoms with E-state index in [1.54, 1.807) is 45.0 Å². The maximum absolute atomic E-state index is 12.4. The van der Waals surface area contributed by atoms with E-state index in [0.29, 0.717) is 17.1 Å². The van der Waals surface area contributed by atoms with Crippen LogP contribution >= 0.6 is 0 Å².